The maximum Gasteiger partial charge on any atom is 0.304 e. The van der Waals surface area contributed by atoms with Gasteiger partial charge >= 0.3 is 5.97 Å². The fourth-order valence-electron chi connectivity index (χ4n) is 2.01. The molecule has 0 amide bonds. The molecule has 0 heterocycles. The van der Waals surface area contributed by atoms with E-state index in [9.17, 15) is 4.79 Å². The summed E-state index contributed by atoms with van der Waals surface area (Å²) < 4.78 is 5.35. The van der Waals surface area contributed by atoms with Crippen molar-refractivity contribution >= 4 is 5.97 Å². The van der Waals surface area contributed by atoms with Crippen molar-refractivity contribution in [1.29, 1.82) is 0 Å². The van der Waals surface area contributed by atoms with E-state index in [2.05, 4.69) is 19.9 Å². The fourth-order valence-corrected chi connectivity index (χ4v) is 2.01. The normalized spacial score (nSPS) is 11.1. The number of methoxy groups -OCH3 is 1. The molecular formula is C15H23NO3. The standard InChI is InChI=1S/C15H23NO3/c1-11(2)13-9-12(5-6-14(13)19-4)10-16(3)8-7-15(17)18/h5-6,9,11H,7-8,10H2,1-4H3,(H,17,18). The molecule has 1 aromatic carbocycles. The summed E-state index contributed by atoms with van der Waals surface area (Å²) in [5, 5.41) is 8.67. The quantitative estimate of drug-likeness (QED) is 0.823. The molecule has 0 atom stereocenters. The van der Waals surface area contributed by atoms with Crippen LogP contribution in [0.5, 0.6) is 5.75 Å². The summed E-state index contributed by atoms with van der Waals surface area (Å²) in [5.74, 6) is 0.551. The van der Waals surface area contributed by atoms with Crippen molar-refractivity contribution in [3.63, 3.8) is 0 Å². The van der Waals surface area contributed by atoms with Crippen LogP contribution in [0.3, 0.4) is 0 Å². The van der Waals surface area contributed by atoms with Crippen LogP contribution in [0.2, 0.25) is 0 Å². The van der Waals surface area contributed by atoms with Gasteiger partial charge in [-0.2, -0.15) is 0 Å². The van der Waals surface area contributed by atoms with Crippen molar-refractivity contribution < 1.29 is 14.6 Å². The van der Waals surface area contributed by atoms with Crippen LogP contribution in [-0.4, -0.2) is 36.7 Å². The summed E-state index contributed by atoms with van der Waals surface area (Å²) in [6, 6.07) is 6.15. The lowest BCUT2D eigenvalue weighted by Crippen LogP contribution is -2.21. The topological polar surface area (TPSA) is 49.8 Å². The highest BCUT2D eigenvalue weighted by Gasteiger charge is 2.10. The van der Waals surface area contributed by atoms with Gasteiger partial charge < -0.3 is 14.7 Å². The van der Waals surface area contributed by atoms with Crippen LogP contribution in [0, 0.1) is 0 Å². The minimum absolute atomic E-state index is 0.170. The minimum Gasteiger partial charge on any atom is -0.496 e. The molecule has 4 nitrogen and oxygen atoms in total. The Morgan fingerprint density at radius 3 is 2.63 bits per heavy atom. The van der Waals surface area contributed by atoms with Crippen LogP contribution in [0.1, 0.15) is 37.3 Å². The highest BCUT2D eigenvalue weighted by Crippen LogP contribution is 2.27. The molecule has 0 aromatic heterocycles. The summed E-state index contributed by atoms with van der Waals surface area (Å²) in [4.78, 5) is 12.6. The number of aliphatic carboxylic acids is 1. The van der Waals surface area contributed by atoms with Gasteiger partial charge in [-0.15, -0.1) is 0 Å². The second kappa shape index (κ2) is 7.14. The van der Waals surface area contributed by atoms with Crippen LogP contribution in [-0.2, 0) is 11.3 Å². The van der Waals surface area contributed by atoms with E-state index in [1.54, 1.807) is 7.11 Å². The molecule has 0 fully saturated rings. The molecule has 0 saturated carbocycles. The predicted octanol–water partition coefficient (Wildman–Crippen LogP) is 2.73. The average Bonchev–Trinajstić information content (AvgIpc) is 2.36. The summed E-state index contributed by atoms with van der Waals surface area (Å²) in [5.41, 5.74) is 2.36. The molecule has 19 heavy (non-hydrogen) atoms. The van der Waals surface area contributed by atoms with Gasteiger partial charge in [0.25, 0.3) is 0 Å². The average molecular weight is 265 g/mol. The Bertz CT molecular complexity index is 429. The maximum atomic E-state index is 10.5. The molecular weight excluding hydrogens is 242 g/mol. The van der Waals surface area contributed by atoms with Gasteiger partial charge in [0.05, 0.1) is 13.5 Å². The molecule has 1 aromatic rings. The molecule has 0 bridgehead atoms. The lowest BCUT2D eigenvalue weighted by atomic mass is 9.99. The second-order valence-corrected chi connectivity index (χ2v) is 5.11. The molecule has 1 N–H and O–H groups in total. The number of rotatable bonds is 7. The van der Waals surface area contributed by atoms with E-state index >= 15 is 0 Å². The molecule has 4 heteroatoms. The van der Waals surface area contributed by atoms with Gasteiger partial charge in [-0.1, -0.05) is 26.0 Å². The van der Waals surface area contributed by atoms with Crippen molar-refractivity contribution in [2.45, 2.75) is 32.7 Å². The van der Waals surface area contributed by atoms with E-state index in [4.69, 9.17) is 9.84 Å². The number of ether oxygens (including phenoxy) is 1. The number of benzene rings is 1. The van der Waals surface area contributed by atoms with Gasteiger partial charge in [0.2, 0.25) is 0 Å². The minimum atomic E-state index is -0.760. The Morgan fingerprint density at radius 2 is 2.11 bits per heavy atom. The van der Waals surface area contributed by atoms with Gasteiger partial charge in [-0.05, 0) is 30.2 Å². The Hall–Kier alpha value is -1.55. The molecule has 0 radical (unpaired) electrons. The maximum absolute atomic E-state index is 10.5. The van der Waals surface area contributed by atoms with E-state index in [-0.39, 0.29) is 6.42 Å². The first-order valence-corrected chi connectivity index (χ1v) is 6.51. The Labute approximate surface area is 115 Å². The number of carbonyl (C=O) groups is 1. The summed E-state index contributed by atoms with van der Waals surface area (Å²) in [7, 11) is 3.61. The van der Waals surface area contributed by atoms with Crippen molar-refractivity contribution in [2.24, 2.45) is 0 Å². The number of carboxylic acid groups (broad SMARTS) is 1. The van der Waals surface area contributed by atoms with Crippen molar-refractivity contribution in [2.75, 3.05) is 20.7 Å². The predicted molar refractivity (Wildman–Crippen MR) is 75.7 cm³/mol. The van der Waals surface area contributed by atoms with Crippen molar-refractivity contribution in [3.05, 3.63) is 29.3 Å². The zero-order valence-electron chi connectivity index (χ0n) is 12.1. The summed E-state index contributed by atoms with van der Waals surface area (Å²) in [6.45, 7) is 5.57. The Morgan fingerprint density at radius 1 is 1.42 bits per heavy atom. The first-order chi connectivity index (χ1) is 8.93. The SMILES string of the molecule is COc1ccc(CN(C)CCC(=O)O)cc1C(C)C. The lowest BCUT2D eigenvalue weighted by molar-refractivity contribution is -0.137. The zero-order valence-corrected chi connectivity index (χ0v) is 12.1. The van der Waals surface area contributed by atoms with Crippen molar-refractivity contribution in [3.8, 4) is 5.75 Å². The molecule has 0 aliphatic heterocycles. The highest BCUT2D eigenvalue weighted by molar-refractivity contribution is 5.66. The molecule has 0 saturated heterocycles. The monoisotopic (exact) mass is 265 g/mol. The largest absolute Gasteiger partial charge is 0.496 e. The van der Waals surface area contributed by atoms with Crippen LogP contribution in [0.4, 0.5) is 0 Å². The third-order valence-electron chi connectivity index (χ3n) is 3.08. The van der Waals surface area contributed by atoms with Gasteiger partial charge in [-0.25, -0.2) is 0 Å². The zero-order chi connectivity index (χ0) is 14.4. The number of nitrogens with zero attached hydrogens (tertiary/aromatic N) is 1. The smallest absolute Gasteiger partial charge is 0.304 e. The van der Waals surface area contributed by atoms with E-state index in [1.807, 2.05) is 24.1 Å². The summed E-state index contributed by atoms with van der Waals surface area (Å²) in [6.07, 6.45) is 0.170. The van der Waals surface area contributed by atoms with Gasteiger partial charge in [0.15, 0.2) is 0 Å². The molecule has 0 unspecified atom stereocenters. The summed E-state index contributed by atoms with van der Waals surface area (Å²) >= 11 is 0. The first kappa shape index (κ1) is 15.5. The number of hydrogen-bond donors (Lipinski definition) is 1. The Kier molecular flexibility index (Phi) is 5.83. The van der Waals surface area contributed by atoms with Crippen LogP contribution < -0.4 is 4.74 Å². The lowest BCUT2D eigenvalue weighted by Gasteiger charge is -2.18. The third-order valence-corrected chi connectivity index (χ3v) is 3.08. The van der Waals surface area contributed by atoms with E-state index in [0.717, 1.165) is 12.3 Å². The molecule has 0 aliphatic rings. The fraction of sp³-hybridized carbons (Fsp3) is 0.533. The third kappa shape index (κ3) is 4.91. The van der Waals surface area contributed by atoms with E-state index in [0.29, 0.717) is 12.5 Å². The highest BCUT2D eigenvalue weighted by atomic mass is 16.5. The van der Waals surface area contributed by atoms with Crippen molar-refractivity contribution in [1.82, 2.24) is 4.90 Å². The number of hydrogen-bond acceptors (Lipinski definition) is 3. The van der Waals surface area contributed by atoms with Crippen LogP contribution in [0.15, 0.2) is 18.2 Å². The van der Waals surface area contributed by atoms with Gasteiger partial charge in [-0.3, -0.25) is 4.79 Å². The molecule has 1 rings (SSSR count). The van der Waals surface area contributed by atoms with Gasteiger partial charge in [0, 0.05) is 13.1 Å². The molecule has 106 valence electrons. The van der Waals surface area contributed by atoms with E-state index < -0.39 is 5.97 Å². The Balaban J connectivity index is 2.73. The van der Waals surface area contributed by atoms with Crippen LogP contribution in [0.25, 0.3) is 0 Å². The number of carboxylic acids is 1. The molecule has 0 spiro atoms. The van der Waals surface area contributed by atoms with E-state index in [1.165, 1.54) is 11.1 Å². The van der Waals surface area contributed by atoms with Gasteiger partial charge in [0.1, 0.15) is 5.75 Å². The van der Waals surface area contributed by atoms with Crippen LogP contribution >= 0.6 is 0 Å². The first-order valence-electron chi connectivity index (χ1n) is 6.51. The molecule has 0 aliphatic carbocycles. The second-order valence-electron chi connectivity index (χ2n) is 5.11.